The van der Waals surface area contributed by atoms with Crippen molar-refractivity contribution in [1.82, 2.24) is 4.90 Å². The van der Waals surface area contributed by atoms with Gasteiger partial charge in [0.25, 0.3) is 5.91 Å². The summed E-state index contributed by atoms with van der Waals surface area (Å²) in [5, 5.41) is 0. The lowest BCUT2D eigenvalue weighted by molar-refractivity contribution is -0.118. The normalized spacial score (nSPS) is 9.89. The number of carbonyl (C=O) groups excluding carboxylic acids is 2. The van der Waals surface area contributed by atoms with Crippen LogP contribution in [0.3, 0.4) is 0 Å². The number of benzene rings is 1. The van der Waals surface area contributed by atoms with Gasteiger partial charge in [-0.15, -0.1) is 0 Å². The summed E-state index contributed by atoms with van der Waals surface area (Å²) in [5.74, 6) is -0.347. The van der Waals surface area contributed by atoms with E-state index in [4.69, 9.17) is 16.2 Å². The molecule has 0 aromatic heterocycles. The minimum atomic E-state index is -0.565. The number of amides is 2. The Labute approximate surface area is 105 Å². The van der Waals surface area contributed by atoms with E-state index in [-0.39, 0.29) is 12.5 Å². The van der Waals surface area contributed by atoms with Gasteiger partial charge in [0.2, 0.25) is 5.91 Å². The molecule has 0 saturated carbocycles. The van der Waals surface area contributed by atoms with Crippen molar-refractivity contribution in [3.8, 4) is 5.75 Å². The van der Waals surface area contributed by atoms with E-state index in [2.05, 4.69) is 0 Å². The summed E-state index contributed by atoms with van der Waals surface area (Å²) in [6.45, 7) is 2.21. The third-order valence-corrected chi connectivity index (χ3v) is 2.30. The van der Waals surface area contributed by atoms with Gasteiger partial charge in [-0.05, 0) is 25.1 Å². The number of likely N-dealkylation sites (N-methyl/N-ethyl adjacent to an activating group) is 1. The third-order valence-electron chi connectivity index (χ3n) is 2.30. The summed E-state index contributed by atoms with van der Waals surface area (Å²) >= 11 is 0. The van der Waals surface area contributed by atoms with E-state index < -0.39 is 5.91 Å². The lowest BCUT2D eigenvalue weighted by Crippen LogP contribution is -2.35. The predicted octanol–water partition coefficient (Wildman–Crippen LogP) is 0.225. The maximum Gasteiger partial charge on any atom is 0.254 e. The van der Waals surface area contributed by atoms with Crippen molar-refractivity contribution in [2.45, 2.75) is 6.92 Å². The van der Waals surface area contributed by atoms with Crippen LogP contribution >= 0.6 is 0 Å². The Morgan fingerprint density at radius 2 is 2.06 bits per heavy atom. The summed E-state index contributed by atoms with van der Waals surface area (Å²) in [5.41, 5.74) is 11.6. The van der Waals surface area contributed by atoms with Crippen molar-refractivity contribution >= 4 is 17.5 Å². The summed E-state index contributed by atoms with van der Waals surface area (Å²) in [4.78, 5) is 23.9. The summed E-state index contributed by atoms with van der Waals surface area (Å²) in [7, 11) is 1.50. The fourth-order valence-electron chi connectivity index (χ4n) is 1.49. The number of nitrogens with two attached hydrogens (primary N) is 2. The number of nitrogen functional groups attached to an aromatic ring is 1. The zero-order valence-corrected chi connectivity index (χ0v) is 10.5. The quantitative estimate of drug-likeness (QED) is 0.731. The highest BCUT2D eigenvalue weighted by atomic mass is 16.5. The molecule has 0 unspecified atom stereocenters. The highest BCUT2D eigenvalue weighted by molar-refractivity contribution is 5.97. The summed E-state index contributed by atoms with van der Waals surface area (Å²) < 4.78 is 5.27. The fourth-order valence-corrected chi connectivity index (χ4v) is 1.49. The molecule has 4 N–H and O–H groups in total. The van der Waals surface area contributed by atoms with Crippen LogP contribution in [-0.4, -0.2) is 36.9 Å². The molecule has 0 atom stereocenters. The molecule has 0 spiro atoms. The largest absolute Gasteiger partial charge is 0.492 e. The highest BCUT2D eigenvalue weighted by Crippen LogP contribution is 2.22. The molecule has 1 rings (SSSR count). The zero-order valence-electron chi connectivity index (χ0n) is 10.5. The zero-order chi connectivity index (χ0) is 13.7. The Morgan fingerprint density at radius 3 is 2.56 bits per heavy atom. The average Bonchev–Trinajstić information content (AvgIpc) is 2.30. The SMILES string of the molecule is CCOc1ccc(C(=O)N(C)CC(N)=O)cc1N. The van der Waals surface area contributed by atoms with E-state index in [1.165, 1.54) is 18.0 Å². The molecule has 6 nitrogen and oxygen atoms in total. The molecule has 6 heteroatoms. The Kier molecular flexibility index (Phi) is 4.53. The molecule has 1 aromatic carbocycles. The molecule has 2 amide bonds. The molecular formula is C12H17N3O3. The van der Waals surface area contributed by atoms with Crippen LogP contribution in [0.25, 0.3) is 0 Å². The standard InChI is InChI=1S/C12H17N3O3/c1-3-18-10-5-4-8(6-9(10)13)12(17)15(2)7-11(14)16/h4-6H,3,7,13H2,1-2H3,(H2,14,16). The second kappa shape index (κ2) is 5.90. The van der Waals surface area contributed by atoms with Crippen molar-refractivity contribution in [1.29, 1.82) is 0 Å². The number of carbonyl (C=O) groups is 2. The van der Waals surface area contributed by atoms with E-state index in [9.17, 15) is 9.59 Å². The first-order chi connectivity index (χ1) is 8.45. The maximum atomic E-state index is 11.9. The second-order valence-corrected chi connectivity index (χ2v) is 3.81. The van der Waals surface area contributed by atoms with Gasteiger partial charge in [0.15, 0.2) is 0 Å². The first-order valence-electron chi connectivity index (χ1n) is 5.51. The van der Waals surface area contributed by atoms with Gasteiger partial charge in [-0.2, -0.15) is 0 Å². The summed E-state index contributed by atoms with van der Waals surface area (Å²) in [6, 6.07) is 4.75. The van der Waals surface area contributed by atoms with Crippen molar-refractivity contribution < 1.29 is 14.3 Å². The minimum Gasteiger partial charge on any atom is -0.492 e. The van der Waals surface area contributed by atoms with E-state index in [1.54, 1.807) is 12.1 Å². The number of primary amides is 1. The number of anilines is 1. The number of hydrogen-bond donors (Lipinski definition) is 2. The lowest BCUT2D eigenvalue weighted by Gasteiger charge is -2.16. The molecular weight excluding hydrogens is 234 g/mol. The Balaban J connectivity index is 2.87. The van der Waals surface area contributed by atoms with Crippen molar-refractivity contribution in [2.24, 2.45) is 5.73 Å². The molecule has 98 valence electrons. The Hall–Kier alpha value is -2.24. The van der Waals surface area contributed by atoms with Gasteiger partial charge in [-0.1, -0.05) is 0 Å². The van der Waals surface area contributed by atoms with Gasteiger partial charge < -0.3 is 21.1 Å². The molecule has 0 aliphatic carbocycles. The van der Waals surface area contributed by atoms with Crippen LogP contribution < -0.4 is 16.2 Å². The molecule has 0 aliphatic heterocycles. The van der Waals surface area contributed by atoms with Gasteiger partial charge >= 0.3 is 0 Å². The number of hydrogen-bond acceptors (Lipinski definition) is 4. The molecule has 1 aromatic rings. The van der Waals surface area contributed by atoms with Gasteiger partial charge in [0.05, 0.1) is 18.8 Å². The minimum absolute atomic E-state index is 0.133. The van der Waals surface area contributed by atoms with Gasteiger partial charge in [0, 0.05) is 12.6 Å². The van der Waals surface area contributed by atoms with Gasteiger partial charge in [0.1, 0.15) is 5.75 Å². The molecule has 0 heterocycles. The number of nitrogens with zero attached hydrogens (tertiary/aromatic N) is 1. The Morgan fingerprint density at radius 1 is 1.39 bits per heavy atom. The van der Waals surface area contributed by atoms with Crippen LogP contribution in [0.2, 0.25) is 0 Å². The monoisotopic (exact) mass is 251 g/mol. The average molecular weight is 251 g/mol. The first-order valence-corrected chi connectivity index (χ1v) is 5.51. The van der Waals surface area contributed by atoms with Gasteiger partial charge in [-0.25, -0.2) is 0 Å². The van der Waals surface area contributed by atoms with E-state index >= 15 is 0 Å². The topological polar surface area (TPSA) is 98.6 Å². The van der Waals surface area contributed by atoms with E-state index in [0.717, 1.165) is 0 Å². The molecule has 0 aliphatic rings. The van der Waals surface area contributed by atoms with E-state index in [0.29, 0.717) is 23.6 Å². The highest BCUT2D eigenvalue weighted by Gasteiger charge is 2.14. The molecule has 18 heavy (non-hydrogen) atoms. The molecule has 0 bridgehead atoms. The first kappa shape index (κ1) is 13.8. The summed E-state index contributed by atoms with van der Waals surface area (Å²) in [6.07, 6.45) is 0. The van der Waals surface area contributed by atoms with E-state index in [1.807, 2.05) is 6.92 Å². The van der Waals surface area contributed by atoms with Crippen molar-refractivity contribution in [3.05, 3.63) is 23.8 Å². The molecule has 0 fully saturated rings. The number of ether oxygens (including phenoxy) is 1. The molecule has 0 radical (unpaired) electrons. The lowest BCUT2D eigenvalue weighted by atomic mass is 10.1. The number of rotatable bonds is 5. The van der Waals surface area contributed by atoms with Crippen LogP contribution in [0, 0.1) is 0 Å². The molecule has 0 saturated heterocycles. The smallest absolute Gasteiger partial charge is 0.254 e. The second-order valence-electron chi connectivity index (χ2n) is 3.81. The van der Waals surface area contributed by atoms with Gasteiger partial charge in [-0.3, -0.25) is 9.59 Å². The fraction of sp³-hybridized carbons (Fsp3) is 0.333. The van der Waals surface area contributed by atoms with Crippen molar-refractivity contribution in [2.75, 3.05) is 25.9 Å². The van der Waals surface area contributed by atoms with Crippen LogP contribution in [0.5, 0.6) is 5.75 Å². The van der Waals surface area contributed by atoms with Crippen molar-refractivity contribution in [3.63, 3.8) is 0 Å². The van der Waals surface area contributed by atoms with Crippen LogP contribution in [0.1, 0.15) is 17.3 Å². The van der Waals surface area contributed by atoms with Crippen LogP contribution in [0.15, 0.2) is 18.2 Å². The van der Waals surface area contributed by atoms with Crippen LogP contribution in [0.4, 0.5) is 5.69 Å². The van der Waals surface area contributed by atoms with Crippen LogP contribution in [-0.2, 0) is 4.79 Å². The third kappa shape index (κ3) is 3.38. The predicted molar refractivity (Wildman–Crippen MR) is 68.2 cm³/mol. The Bertz CT molecular complexity index is 460. The maximum absolute atomic E-state index is 11.9.